The van der Waals surface area contributed by atoms with Crippen LogP contribution >= 0.6 is 0 Å². The van der Waals surface area contributed by atoms with Crippen molar-refractivity contribution in [2.24, 2.45) is 11.7 Å². The van der Waals surface area contributed by atoms with E-state index in [1.54, 1.807) is 4.90 Å². The number of carbonyl (C=O) groups excluding carboxylic acids is 2. The van der Waals surface area contributed by atoms with Crippen molar-refractivity contribution >= 4 is 12.0 Å². The Balaban J connectivity index is 2.41. The molecule has 1 heterocycles. The van der Waals surface area contributed by atoms with Gasteiger partial charge < -0.3 is 20.7 Å². The monoisotopic (exact) mass is 257 g/mol. The molecule has 0 radical (unpaired) electrons. The Bertz CT molecular complexity index is 312. The van der Waals surface area contributed by atoms with E-state index in [0.29, 0.717) is 32.6 Å². The molecule has 104 valence electrons. The van der Waals surface area contributed by atoms with Crippen molar-refractivity contribution in [3.8, 4) is 0 Å². The van der Waals surface area contributed by atoms with Gasteiger partial charge in [-0.3, -0.25) is 4.79 Å². The van der Waals surface area contributed by atoms with Crippen LogP contribution in [-0.2, 0) is 9.53 Å². The maximum atomic E-state index is 11.8. The highest BCUT2D eigenvalue weighted by molar-refractivity contribution is 5.80. The van der Waals surface area contributed by atoms with E-state index in [4.69, 9.17) is 10.5 Å². The number of nitrogens with one attached hydrogen (secondary N) is 1. The Morgan fingerprint density at radius 1 is 1.44 bits per heavy atom. The quantitative estimate of drug-likeness (QED) is 0.762. The average molecular weight is 257 g/mol. The summed E-state index contributed by atoms with van der Waals surface area (Å²) in [5.74, 6) is -0.185. The van der Waals surface area contributed by atoms with Crippen molar-refractivity contribution in [2.45, 2.75) is 32.8 Å². The smallest absolute Gasteiger partial charge is 0.410 e. The van der Waals surface area contributed by atoms with Gasteiger partial charge in [-0.2, -0.15) is 0 Å². The van der Waals surface area contributed by atoms with Gasteiger partial charge in [0.1, 0.15) is 5.60 Å². The second-order valence-electron chi connectivity index (χ2n) is 5.49. The number of hydrogen-bond acceptors (Lipinski definition) is 4. The number of nitrogens with two attached hydrogens (primary N) is 1. The Kier molecular flexibility index (Phi) is 4.95. The van der Waals surface area contributed by atoms with Crippen molar-refractivity contribution in [3.05, 3.63) is 0 Å². The van der Waals surface area contributed by atoms with Gasteiger partial charge in [-0.25, -0.2) is 4.79 Å². The van der Waals surface area contributed by atoms with Crippen LogP contribution in [0.2, 0.25) is 0 Å². The van der Waals surface area contributed by atoms with E-state index in [2.05, 4.69) is 5.32 Å². The van der Waals surface area contributed by atoms with Gasteiger partial charge in [0.2, 0.25) is 5.91 Å². The first-order chi connectivity index (χ1) is 8.33. The first-order valence-corrected chi connectivity index (χ1v) is 6.29. The van der Waals surface area contributed by atoms with Crippen molar-refractivity contribution in [1.29, 1.82) is 0 Å². The van der Waals surface area contributed by atoms with Gasteiger partial charge in [-0.1, -0.05) is 0 Å². The molecule has 3 N–H and O–H groups in total. The molecule has 0 aromatic heterocycles. The van der Waals surface area contributed by atoms with Crippen LogP contribution in [0.15, 0.2) is 0 Å². The number of ether oxygens (including phenoxy) is 1. The lowest BCUT2D eigenvalue weighted by Gasteiger charge is -2.24. The van der Waals surface area contributed by atoms with E-state index >= 15 is 0 Å². The number of likely N-dealkylation sites (tertiary alicyclic amines) is 1. The van der Waals surface area contributed by atoms with E-state index in [1.807, 2.05) is 20.8 Å². The van der Waals surface area contributed by atoms with Crippen LogP contribution < -0.4 is 11.1 Å². The summed E-state index contributed by atoms with van der Waals surface area (Å²) in [6, 6.07) is 0. The summed E-state index contributed by atoms with van der Waals surface area (Å²) in [5, 5.41) is 2.74. The minimum absolute atomic E-state index is 0.0356. The molecule has 1 rings (SSSR count). The van der Waals surface area contributed by atoms with E-state index in [1.165, 1.54) is 0 Å². The second kappa shape index (κ2) is 6.04. The standard InChI is InChI=1S/C12H23N3O3/c1-12(2,3)18-11(17)15-7-4-9(8-15)10(16)14-6-5-13/h9H,4-8,13H2,1-3H3,(H,14,16). The van der Waals surface area contributed by atoms with Gasteiger partial charge in [-0.15, -0.1) is 0 Å². The highest BCUT2D eigenvalue weighted by Crippen LogP contribution is 2.19. The van der Waals surface area contributed by atoms with Gasteiger partial charge in [0.05, 0.1) is 5.92 Å². The minimum atomic E-state index is -0.503. The lowest BCUT2D eigenvalue weighted by atomic mass is 10.1. The SMILES string of the molecule is CC(C)(C)OC(=O)N1CCC(C(=O)NCCN)C1. The number of amides is 2. The normalized spacial score (nSPS) is 19.8. The predicted octanol–water partition coefficient (Wildman–Crippen LogP) is 0.318. The third-order valence-corrected chi connectivity index (χ3v) is 2.65. The van der Waals surface area contributed by atoms with Crippen molar-refractivity contribution in [3.63, 3.8) is 0 Å². The topological polar surface area (TPSA) is 84.7 Å². The molecule has 1 atom stereocenters. The lowest BCUT2D eigenvalue weighted by molar-refractivity contribution is -0.124. The number of rotatable bonds is 3. The molecule has 0 aliphatic carbocycles. The average Bonchev–Trinajstić information content (AvgIpc) is 2.72. The number of nitrogens with zero attached hydrogens (tertiary/aromatic N) is 1. The molecule has 1 aliphatic heterocycles. The van der Waals surface area contributed by atoms with Crippen LogP contribution in [0.25, 0.3) is 0 Å². The van der Waals surface area contributed by atoms with Crippen LogP contribution in [0, 0.1) is 5.92 Å². The highest BCUT2D eigenvalue weighted by Gasteiger charge is 2.33. The fraction of sp³-hybridized carbons (Fsp3) is 0.833. The second-order valence-corrected chi connectivity index (χ2v) is 5.49. The first kappa shape index (κ1) is 14.8. The first-order valence-electron chi connectivity index (χ1n) is 6.29. The molecular weight excluding hydrogens is 234 g/mol. The highest BCUT2D eigenvalue weighted by atomic mass is 16.6. The molecule has 0 bridgehead atoms. The largest absolute Gasteiger partial charge is 0.444 e. The Morgan fingerprint density at radius 2 is 2.11 bits per heavy atom. The summed E-state index contributed by atoms with van der Waals surface area (Å²) in [6.45, 7) is 7.36. The van der Waals surface area contributed by atoms with E-state index < -0.39 is 5.60 Å². The van der Waals surface area contributed by atoms with Crippen molar-refractivity contribution < 1.29 is 14.3 Å². The van der Waals surface area contributed by atoms with Gasteiger partial charge in [0.25, 0.3) is 0 Å². The molecule has 1 aliphatic rings. The van der Waals surface area contributed by atoms with E-state index in [9.17, 15) is 9.59 Å². The third-order valence-electron chi connectivity index (χ3n) is 2.65. The maximum Gasteiger partial charge on any atom is 0.410 e. The van der Waals surface area contributed by atoms with Gasteiger partial charge in [0.15, 0.2) is 0 Å². The van der Waals surface area contributed by atoms with Crippen LogP contribution in [0.5, 0.6) is 0 Å². The molecule has 0 aromatic rings. The molecule has 6 nitrogen and oxygen atoms in total. The van der Waals surface area contributed by atoms with Crippen LogP contribution in [0.3, 0.4) is 0 Å². The molecule has 0 saturated carbocycles. The minimum Gasteiger partial charge on any atom is -0.444 e. The van der Waals surface area contributed by atoms with Gasteiger partial charge in [-0.05, 0) is 27.2 Å². The molecular formula is C12H23N3O3. The molecule has 18 heavy (non-hydrogen) atoms. The molecule has 0 aromatic carbocycles. The molecule has 1 fully saturated rings. The summed E-state index contributed by atoms with van der Waals surface area (Å²) in [7, 11) is 0. The zero-order valence-corrected chi connectivity index (χ0v) is 11.4. The van der Waals surface area contributed by atoms with Crippen LogP contribution in [0.1, 0.15) is 27.2 Å². The summed E-state index contributed by atoms with van der Waals surface area (Å²) in [5.41, 5.74) is 4.82. The Morgan fingerprint density at radius 3 is 2.67 bits per heavy atom. The molecule has 1 saturated heterocycles. The van der Waals surface area contributed by atoms with Crippen molar-refractivity contribution in [1.82, 2.24) is 10.2 Å². The zero-order valence-electron chi connectivity index (χ0n) is 11.4. The Hall–Kier alpha value is -1.30. The molecule has 0 spiro atoms. The summed E-state index contributed by atoms with van der Waals surface area (Å²) in [6.07, 6.45) is 0.326. The fourth-order valence-corrected chi connectivity index (χ4v) is 1.81. The summed E-state index contributed by atoms with van der Waals surface area (Å²) >= 11 is 0. The number of hydrogen-bond donors (Lipinski definition) is 2. The molecule has 2 amide bonds. The number of carbonyl (C=O) groups is 2. The Labute approximate surface area is 108 Å². The zero-order chi connectivity index (χ0) is 13.8. The van der Waals surface area contributed by atoms with E-state index in [-0.39, 0.29) is 17.9 Å². The third kappa shape index (κ3) is 4.52. The van der Waals surface area contributed by atoms with Crippen LogP contribution in [0.4, 0.5) is 4.79 Å². The fourth-order valence-electron chi connectivity index (χ4n) is 1.81. The van der Waals surface area contributed by atoms with Crippen molar-refractivity contribution in [2.75, 3.05) is 26.2 Å². The van der Waals surface area contributed by atoms with Gasteiger partial charge >= 0.3 is 6.09 Å². The molecule has 6 heteroatoms. The van der Waals surface area contributed by atoms with Crippen LogP contribution in [-0.4, -0.2) is 48.7 Å². The summed E-state index contributed by atoms with van der Waals surface area (Å²) < 4.78 is 5.27. The maximum absolute atomic E-state index is 11.8. The van der Waals surface area contributed by atoms with E-state index in [0.717, 1.165) is 0 Å². The molecule has 1 unspecified atom stereocenters. The lowest BCUT2D eigenvalue weighted by Crippen LogP contribution is -2.38. The van der Waals surface area contributed by atoms with Gasteiger partial charge in [0, 0.05) is 26.2 Å². The predicted molar refractivity (Wildman–Crippen MR) is 68.0 cm³/mol. The summed E-state index contributed by atoms with van der Waals surface area (Å²) in [4.78, 5) is 25.1.